The van der Waals surface area contributed by atoms with Crippen LogP contribution in [0.15, 0.2) is 43.2 Å². The number of nitrogens with zero attached hydrogens (tertiary/aromatic N) is 9. The van der Waals surface area contributed by atoms with E-state index in [2.05, 4.69) is 35.6 Å². The third-order valence-corrected chi connectivity index (χ3v) is 3.29. The first kappa shape index (κ1) is 14.2. The topological polar surface area (TPSA) is 109 Å². The Bertz CT molecular complexity index is 950. The van der Waals surface area contributed by atoms with Crippen LogP contribution in [0.4, 0.5) is 0 Å². The molecular weight excluding hydrogens is 310 g/mol. The maximum absolute atomic E-state index is 5.79. The molecule has 24 heavy (non-hydrogen) atoms. The summed E-state index contributed by atoms with van der Waals surface area (Å²) in [6.45, 7) is 2.42. The summed E-state index contributed by atoms with van der Waals surface area (Å²) < 4.78 is 9.06. The molecule has 1 atom stereocenters. The van der Waals surface area contributed by atoms with Gasteiger partial charge in [0, 0.05) is 12.4 Å². The number of rotatable bonds is 5. The summed E-state index contributed by atoms with van der Waals surface area (Å²) in [7, 11) is 0. The molecule has 0 saturated carbocycles. The molecule has 0 radical (unpaired) electrons. The van der Waals surface area contributed by atoms with Crippen LogP contribution in [0.25, 0.3) is 17.0 Å². The number of tetrazole rings is 1. The summed E-state index contributed by atoms with van der Waals surface area (Å²) in [6, 6.07) is 3.72. The molecule has 0 aromatic carbocycles. The van der Waals surface area contributed by atoms with Crippen LogP contribution in [0.5, 0.6) is 5.88 Å². The van der Waals surface area contributed by atoms with E-state index in [4.69, 9.17) is 4.74 Å². The van der Waals surface area contributed by atoms with Crippen molar-refractivity contribution < 1.29 is 4.74 Å². The lowest BCUT2D eigenvalue weighted by Crippen LogP contribution is -2.20. The van der Waals surface area contributed by atoms with E-state index in [9.17, 15) is 0 Å². The van der Waals surface area contributed by atoms with Gasteiger partial charge in [-0.2, -0.15) is 5.10 Å². The fraction of sp³-hybridized carbons (Fsp3) is 0.214. The third-order valence-electron chi connectivity index (χ3n) is 3.29. The van der Waals surface area contributed by atoms with Crippen LogP contribution in [-0.2, 0) is 6.54 Å². The summed E-state index contributed by atoms with van der Waals surface area (Å²) >= 11 is 0. The van der Waals surface area contributed by atoms with E-state index in [1.807, 2.05) is 19.1 Å². The molecule has 0 spiro atoms. The van der Waals surface area contributed by atoms with Gasteiger partial charge < -0.3 is 4.74 Å². The zero-order valence-electron chi connectivity index (χ0n) is 12.8. The molecule has 4 rings (SSSR count). The average Bonchev–Trinajstić information content (AvgIpc) is 3.25. The summed E-state index contributed by atoms with van der Waals surface area (Å²) in [5.41, 5.74) is 2.08. The van der Waals surface area contributed by atoms with Gasteiger partial charge in [-0.25, -0.2) is 19.2 Å². The number of aromatic nitrogens is 9. The van der Waals surface area contributed by atoms with Gasteiger partial charge >= 0.3 is 0 Å². The van der Waals surface area contributed by atoms with Crippen LogP contribution in [0, 0.1) is 0 Å². The largest absolute Gasteiger partial charge is 0.472 e. The summed E-state index contributed by atoms with van der Waals surface area (Å²) in [5.74, 6) is 0.417. The lowest BCUT2D eigenvalue weighted by Gasteiger charge is -2.13. The van der Waals surface area contributed by atoms with E-state index in [1.165, 1.54) is 6.33 Å². The molecule has 0 aliphatic rings. The van der Waals surface area contributed by atoms with Crippen molar-refractivity contribution in [2.75, 3.05) is 0 Å². The Labute approximate surface area is 136 Å². The van der Waals surface area contributed by atoms with Crippen LogP contribution in [-0.4, -0.2) is 50.9 Å². The highest BCUT2D eigenvalue weighted by atomic mass is 16.5. The van der Waals surface area contributed by atoms with E-state index in [0.717, 1.165) is 5.65 Å². The van der Waals surface area contributed by atoms with Gasteiger partial charge in [-0.3, -0.25) is 4.98 Å². The molecule has 0 saturated heterocycles. The number of imidazole rings is 1. The smallest absolute Gasteiger partial charge is 0.233 e. The van der Waals surface area contributed by atoms with Crippen LogP contribution in [0.1, 0.15) is 6.92 Å². The molecule has 0 bridgehead atoms. The van der Waals surface area contributed by atoms with Crippen LogP contribution in [0.2, 0.25) is 0 Å². The molecule has 0 aliphatic heterocycles. The Hall–Kier alpha value is -3.43. The molecule has 1 unspecified atom stereocenters. The second kappa shape index (κ2) is 5.99. The number of fused-ring (bicyclic) bond motifs is 1. The normalized spacial score (nSPS) is 12.4. The first-order valence-corrected chi connectivity index (χ1v) is 7.28. The second-order valence-corrected chi connectivity index (χ2v) is 5.15. The van der Waals surface area contributed by atoms with E-state index < -0.39 is 0 Å². The van der Waals surface area contributed by atoms with Crippen LogP contribution in [0.3, 0.4) is 0 Å². The maximum Gasteiger partial charge on any atom is 0.233 e. The van der Waals surface area contributed by atoms with Gasteiger partial charge in [0.05, 0.1) is 18.9 Å². The van der Waals surface area contributed by atoms with Crippen molar-refractivity contribution in [2.24, 2.45) is 0 Å². The Morgan fingerprint density at radius 3 is 3.04 bits per heavy atom. The third kappa shape index (κ3) is 2.89. The molecule has 4 aromatic heterocycles. The van der Waals surface area contributed by atoms with E-state index in [-0.39, 0.29) is 6.10 Å². The molecule has 10 heteroatoms. The second-order valence-electron chi connectivity index (χ2n) is 5.15. The van der Waals surface area contributed by atoms with Gasteiger partial charge in [0.2, 0.25) is 5.88 Å². The minimum atomic E-state index is -0.165. The molecule has 10 nitrogen and oxygen atoms in total. The summed E-state index contributed by atoms with van der Waals surface area (Å²) in [4.78, 5) is 12.8. The van der Waals surface area contributed by atoms with Gasteiger partial charge in [0.1, 0.15) is 23.8 Å². The minimum Gasteiger partial charge on any atom is -0.472 e. The highest BCUT2D eigenvalue weighted by molar-refractivity contribution is 5.55. The van der Waals surface area contributed by atoms with Crippen molar-refractivity contribution in [3.63, 3.8) is 0 Å². The Kier molecular flexibility index (Phi) is 3.54. The molecule has 0 amide bonds. The van der Waals surface area contributed by atoms with Crippen molar-refractivity contribution in [3.8, 4) is 17.3 Å². The zero-order chi connectivity index (χ0) is 16.4. The fourth-order valence-corrected chi connectivity index (χ4v) is 2.25. The molecule has 0 fully saturated rings. The predicted molar refractivity (Wildman–Crippen MR) is 81.9 cm³/mol. The summed E-state index contributed by atoms with van der Waals surface area (Å²) in [5, 5.41) is 15.4. The average molecular weight is 323 g/mol. The van der Waals surface area contributed by atoms with Crippen molar-refractivity contribution in [1.82, 2.24) is 44.8 Å². The van der Waals surface area contributed by atoms with E-state index >= 15 is 0 Å². The monoisotopic (exact) mass is 323 g/mol. The number of ether oxygens (including phenoxy) is 1. The lowest BCUT2D eigenvalue weighted by molar-refractivity contribution is 0.185. The fourth-order valence-electron chi connectivity index (χ4n) is 2.25. The van der Waals surface area contributed by atoms with Crippen molar-refractivity contribution in [2.45, 2.75) is 19.6 Å². The van der Waals surface area contributed by atoms with Gasteiger partial charge in [0.15, 0.2) is 5.65 Å². The highest BCUT2D eigenvalue weighted by Crippen LogP contribution is 2.17. The predicted octanol–water partition coefficient (Wildman–Crippen LogP) is 0.640. The zero-order valence-corrected chi connectivity index (χ0v) is 12.8. The molecule has 120 valence electrons. The Balaban J connectivity index is 1.54. The first-order valence-electron chi connectivity index (χ1n) is 7.28. The quantitative estimate of drug-likeness (QED) is 0.526. The minimum absolute atomic E-state index is 0.165. The van der Waals surface area contributed by atoms with Crippen LogP contribution < -0.4 is 4.74 Å². The van der Waals surface area contributed by atoms with Crippen molar-refractivity contribution >= 4 is 5.65 Å². The standard InChI is InChI=1S/C14H13N9O/c1-10(8-22-9-17-20-21-22)24-14-7-15-6-12(18-14)11-2-3-13-16-4-5-23(13)19-11/h2-7,9-10H,8H2,1H3. The number of hydrogen-bond donors (Lipinski definition) is 0. The molecule has 4 heterocycles. The molecule has 4 aromatic rings. The van der Waals surface area contributed by atoms with Gasteiger partial charge in [0.25, 0.3) is 0 Å². The maximum atomic E-state index is 5.79. The molecular formula is C14H13N9O. The van der Waals surface area contributed by atoms with Crippen LogP contribution >= 0.6 is 0 Å². The van der Waals surface area contributed by atoms with E-state index in [1.54, 1.807) is 34.0 Å². The molecule has 0 N–H and O–H groups in total. The Morgan fingerprint density at radius 2 is 2.17 bits per heavy atom. The highest BCUT2D eigenvalue weighted by Gasteiger charge is 2.10. The van der Waals surface area contributed by atoms with Gasteiger partial charge in [-0.05, 0) is 29.5 Å². The summed E-state index contributed by atoms with van der Waals surface area (Å²) in [6.07, 6.45) is 8.05. The van der Waals surface area contributed by atoms with Crippen molar-refractivity contribution in [1.29, 1.82) is 0 Å². The number of hydrogen-bond acceptors (Lipinski definition) is 8. The van der Waals surface area contributed by atoms with Gasteiger partial charge in [-0.15, -0.1) is 5.10 Å². The van der Waals surface area contributed by atoms with Gasteiger partial charge in [-0.1, -0.05) is 0 Å². The SMILES string of the molecule is CC(Cn1cnnn1)Oc1cncc(-c2ccc3nccn3n2)n1. The lowest BCUT2D eigenvalue weighted by atomic mass is 10.3. The Morgan fingerprint density at radius 1 is 1.21 bits per heavy atom. The van der Waals surface area contributed by atoms with E-state index in [0.29, 0.717) is 23.8 Å². The first-order chi connectivity index (χ1) is 11.8. The van der Waals surface area contributed by atoms with Crippen molar-refractivity contribution in [3.05, 3.63) is 43.2 Å². The molecule has 0 aliphatic carbocycles.